The average molecular weight is 337 g/mol. The lowest BCUT2D eigenvalue weighted by Gasteiger charge is -2.33. The van der Waals surface area contributed by atoms with Crippen LogP contribution < -0.4 is 0 Å². The van der Waals surface area contributed by atoms with E-state index in [1.165, 1.54) is 0 Å². The molecule has 0 spiro atoms. The SMILES string of the molecule is CC(C)(C)N(CC#CC(O)(c1ccccc1)c1ccccc1)CCO. The Labute approximate surface area is 150 Å². The van der Waals surface area contributed by atoms with Crippen LogP contribution in [0.1, 0.15) is 31.9 Å². The fraction of sp³-hybridized carbons (Fsp3) is 0.364. The van der Waals surface area contributed by atoms with Gasteiger partial charge in [0.15, 0.2) is 5.60 Å². The Bertz CT molecular complexity index is 669. The Balaban J connectivity index is 2.36. The minimum absolute atomic E-state index is 0.0839. The molecule has 25 heavy (non-hydrogen) atoms. The predicted octanol–water partition coefficient (Wildman–Crippen LogP) is 3.02. The third-order valence-electron chi connectivity index (χ3n) is 4.24. The summed E-state index contributed by atoms with van der Waals surface area (Å²) in [4.78, 5) is 2.09. The standard InChI is InChI=1S/C22H27NO2/c1-21(2,3)23(17-18-24)16-10-15-22(25,19-11-6-4-7-12-19)20-13-8-5-9-14-20/h4-9,11-14,24-25H,16-18H2,1-3H3. The largest absolute Gasteiger partial charge is 0.395 e. The summed E-state index contributed by atoms with van der Waals surface area (Å²) in [5.41, 5.74) is 0.0386. The molecule has 2 N–H and O–H groups in total. The summed E-state index contributed by atoms with van der Waals surface area (Å²) < 4.78 is 0. The lowest BCUT2D eigenvalue weighted by Crippen LogP contribution is -2.43. The van der Waals surface area contributed by atoms with E-state index >= 15 is 0 Å². The summed E-state index contributed by atoms with van der Waals surface area (Å²) in [5.74, 6) is 6.20. The van der Waals surface area contributed by atoms with Crippen molar-refractivity contribution in [1.82, 2.24) is 4.90 Å². The first-order valence-electron chi connectivity index (χ1n) is 8.57. The van der Waals surface area contributed by atoms with Gasteiger partial charge in [0.2, 0.25) is 0 Å². The van der Waals surface area contributed by atoms with E-state index in [0.29, 0.717) is 13.1 Å². The van der Waals surface area contributed by atoms with E-state index in [1.54, 1.807) is 0 Å². The second-order valence-corrected chi connectivity index (χ2v) is 7.06. The van der Waals surface area contributed by atoms with Crippen LogP contribution in [0.3, 0.4) is 0 Å². The second kappa shape index (κ2) is 8.31. The molecule has 0 aliphatic rings. The van der Waals surface area contributed by atoms with E-state index in [-0.39, 0.29) is 12.1 Å². The summed E-state index contributed by atoms with van der Waals surface area (Å²) in [6, 6.07) is 19.0. The van der Waals surface area contributed by atoms with E-state index < -0.39 is 5.60 Å². The molecule has 0 aliphatic heterocycles. The molecule has 0 saturated carbocycles. The highest BCUT2D eigenvalue weighted by molar-refractivity contribution is 5.44. The molecule has 2 rings (SSSR count). The maximum atomic E-state index is 11.4. The number of hydrogen-bond donors (Lipinski definition) is 2. The Hall–Kier alpha value is -2.12. The first kappa shape index (κ1) is 19.2. The van der Waals surface area contributed by atoms with E-state index in [4.69, 9.17) is 0 Å². The van der Waals surface area contributed by atoms with Gasteiger partial charge in [-0.2, -0.15) is 0 Å². The minimum Gasteiger partial charge on any atom is -0.395 e. The van der Waals surface area contributed by atoms with Crippen molar-refractivity contribution in [3.63, 3.8) is 0 Å². The molecule has 2 aromatic carbocycles. The highest BCUT2D eigenvalue weighted by Crippen LogP contribution is 2.28. The van der Waals surface area contributed by atoms with Crippen LogP contribution in [0.25, 0.3) is 0 Å². The Morgan fingerprint density at radius 1 is 0.880 bits per heavy atom. The molecule has 3 nitrogen and oxygen atoms in total. The van der Waals surface area contributed by atoms with Crippen LogP contribution in [-0.2, 0) is 5.60 Å². The Morgan fingerprint density at radius 3 is 1.76 bits per heavy atom. The number of hydrogen-bond acceptors (Lipinski definition) is 3. The van der Waals surface area contributed by atoms with Crippen LogP contribution in [0.5, 0.6) is 0 Å². The zero-order chi connectivity index (χ0) is 18.3. The molecular weight excluding hydrogens is 310 g/mol. The van der Waals surface area contributed by atoms with Crippen molar-refractivity contribution in [2.75, 3.05) is 19.7 Å². The van der Waals surface area contributed by atoms with Crippen LogP contribution in [0.15, 0.2) is 60.7 Å². The van der Waals surface area contributed by atoms with Crippen molar-refractivity contribution in [1.29, 1.82) is 0 Å². The van der Waals surface area contributed by atoms with Gasteiger partial charge in [-0.25, -0.2) is 0 Å². The molecule has 2 aromatic rings. The van der Waals surface area contributed by atoms with Gasteiger partial charge in [0, 0.05) is 23.2 Å². The highest BCUT2D eigenvalue weighted by Gasteiger charge is 2.29. The van der Waals surface area contributed by atoms with Crippen LogP contribution >= 0.6 is 0 Å². The van der Waals surface area contributed by atoms with E-state index in [9.17, 15) is 10.2 Å². The fourth-order valence-electron chi connectivity index (χ4n) is 2.70. The van der Waals surface area contributed by atoms with Crippen molar-refractivity contribution in [3.8, 4) is 11.8 Å². The summed E-state index contributed by atoms with van der Waals surface area (Å²) >= 11 is 0. The maximum Gasteiger partial charge on any atom is 0.176 e. The van der Waals surface area contributed by atoms with E-state index in [2.05, 4.69) is 37.5 Å². The van der Waals surface area contributed by atoms with Crippen LogP contribution in [0, 0.1) is 11.8 Å². The number of β-amino-alcohol motifs (C(OH)–C–C–N with tert-alkyl or cyclic N) is 1. The van der Waals surface area contributed by atoms with Gasteiger partial charge in [0.25, 0.3) is 0 Å². The van der Waals surface area contributed by atoms with Gasteiger partial charge in [0.1, 0.15) is 0 Å². The van der Waals surface area contributed by atoms with Crippen molar-refractivity contribution in [2.24, 2.45) is 0 Å². The molecule has 0 atom stereocenters. The van der Waals surface area contributed by atoms with Gasteiger partial charge in [0.05, 0.1) is 13.2 Å². The van der Waals surface area contributed by atoms with Gasteiger partial charge in [-0.15, -0.1) is 0 Å². The molecule has 3 heteroatoms. The molecule has 0 fully saturated rings. The molecule has 132 valence electrons. The van der Waals surface area contributed by atoms with Gasteiger partial charge in [-0.3, -0.25) is 4.90 Å². The maximum absolute atomic E-state index is 11.4. The first-order chi connectivity index (χ1) is 11.9. The fourth-order valence-corrected chi connectivity index (χ4v) is 2.70. The number of rotatable bonds is 5. The number of nitrogens with zero attached hydrogens (tertiary/aromatic N) is 1. The van der Waals surface area contributed by atoms with E-state index in [1.807, 2.05) is 60.7 Å². The van der Waals surface area contributed by atoms with Crippen molar-refractivity contribution in [2.45, 2.75) is 31.9 Å². The van der Waals surface area contributed by atoms with Crippen LogP contribution in [-0.4, -0.2) is 40.3 Å². The summed E-state index contributed by atoms with van der Waals surface area (Å²) in [6.45, 7) is 7.38. The summed E-state index contributed by atoms with van der Waals surface area (Å²) in [6.07, 6.45) is 0. The molecule has 0 saturated heterocycles. The molecule has 0 unspecified atom stereocenters. The number of benzene rings is 2. The molecule has 0 aliphatic carbocycles. The van der Waals surface area contributed by atoms with Gasteiger partial charge in [-0.1, -0.05) is 72.5 Å². The van der Waals surface area contributed by atoms with Crippen molar-refractivity contribution in [3.05, 3.63) is 71.8 Å². The quantitative estimate of drug-likeness (QED) is 0.824. The van der Waals surface area contributed by atoms with Crippen LogP contribution in [0.4, 0.5) is 0 Å². The van der Waals surface area contributed by atoms with E-state index in [0.717, 1.165) is 11.1 Å². The molecule has 0 amide bonds. The third kappa shape index (κ3) is 4.93. The first-order valence-corrected chi connectivity index (χ1v) is 8.57. The number of aliphatic hydroxyl groups is 2. The van der Waals surface area contributed by atoms with Gasteiger partial charge < -0.3 is 10.2 Å². The Morgan fingerprint density at radius 2 is 1.36 bits per heavy atom. The third-order valence-corrected chi connectivity index (χ3v) is 4.24. The lowest BCUT2D eigenvalue weighted by molar-refractivity contribution is 0.121. The smallest absolute Gasteiger partial charge is 0.176 e. The van der Waals surface area contributed by atoms with Crippen molar-refractivity contribution < 1.29 is 10.2 Å². The molecule has 0 radical (unpaired) electrons. The zero-order valence-corrected chi connectivity index (χ0v) is 15.2. The second-order valence-electron chi connectivity index (χ2n) is 7.06. The molecule has 0 heterocycles. The highest BCUT2D eigenvalue weighted by atomic mass is 16.3. The lowest BCUT2D eigenvalue weighted by atomic mass is 9.87. The average Bonchev–Trinajstić information content (AvgIpc) is 2.61. The summed E-state index contributed by atoms with van der Waals surface area (Å²) in [7, 11) is 0. The van der Waals surface area contributed by atoms with Gasteiger partial charge in [-0.05, 0) is 20.8 Å². The molecular formula is C22H27NO2. The van der Waals surface area contributed by atoms with Crippen molar-refractivity contribution >= 4 is 0 Å². The van der Waals surface area contributed by atoms with Crippen LogP contribution in [0.2, 0.25) is 0 Å². The topological polar surface area (TPSA) is 43.7 Å². The number of aliphatic hydroxyl groups excluding tert-OH is 1. The summed E-state index contributed by atoms with van der Waals surface area (Å²) in [5, 5.41) is 20.6. The zero-order valence-electron chi connectivity index (χ0n) is 15.2. The minimum atomic E-state index is -1.36. The van der Waals surface area contributed by atoms with Gasteiger partial charge >= 0.3 is 0 Å². The molecule has 0 bridgehead atoms. The Kier molecular flexibility index (Phi) is 6.39. The predicted molar refractivity (Wildman–Crippen MR) is 102 cm³/mol. The normalized spacial score (nSPS) is 11.9. The molecule has 0 aromatic heterocycles. The monoisotopic (exact) mass is 337 g/mol.